The number of hydrogen-bond donors (Lipinski definition) is 0. The summed E-state index contributed by atoms with van der Waals surface area (Å²) in [6.07, 6.45) is 3.77. The van der Waals surface area contributed by atoms with Crippen molar-refractivity contribution in [2.24, 2.45) is 0 Å². The lowest BCUT2D eigenvalue weighted by molar-refractivity contribution is -0.202. The van der Waals surface area contributed by atoms with Crippen LogP contribution in [0.25, 0.3) is 0 Å². The number of rotatable bonds is 4. The van der Waals surface area contributed by atoms with E-state index >= 15 is 0 Å². The van der Waals surface area contributed by atoms with Gasteiger partial charge in [0.05, 0.1) is 12.7 Å². The van der Waals surface area contributed by atoms with Gasteiger partial charge in [-0.2, -0.15) is 5.10 Å². The first kappa shape index (κ1) is 10.2. The van der Waals surface area contributed by atoms with Crippen molar-refractivity contribution in [1.82, 2.24) is 9.78 Å². The first-order valence-corrected chi connectivity index (χ1v) is 4.19. The van der Waals surface area contributed by atoms with Crippen molar-refractivity contribution < 1.29 is 9.47 Å². The van der Waals surface area contributed by atoms with Crippen molar-refractivity contribution in [2.45, 2.75) is 26.2 Å². The standard InChI is InChI=1S/C9H16N2O2/c1-8-5-10-11(6-8)7-9(2,12-3)13-4/h5-6H,7H2,1-4H3. The van der Waals surface area contributed by atoms with E-state index in [4.69, 9.17) is 9.47 Å². The molecular formula is C9H16N2O2. The number of nitrogens with zero attached hydrogens (tertiary/aromatic N) is 2. The molecule has 0 spiro atoms. The molecule has 0 bridgehead atoms. The highest BCUT2D eigenvalue weighted by atomic mass is 16.7. The summed E-state index contributed by atoms with van der Waals surface area (Å²) >= 11 is 0. The molecule has 0 N–H and O–H groups in total. The van der Waals surface area contributed by atoms with Crippen LogP contribution in [0.3, 0.4) is 0 Å². The molecule has 4 heteroatoms. The number of ether oxygens (including phenoxy) is 2. The summed E-state index contributed by atoms with van der Waals surface area (Å²) in [5, 5.41) is 4.15. The molecule has 0 atom stereocenters. The van der Waals surface area contributed by atoms with E-state index in [1.54, 1.807) is 14.2 Å². The Morgan fingerprint density at radius 2 is 2.08 bits per heavy atom. The van der Waals surface area contributed by atoms with E-state index in [1.165, 1.54) is 0 Å². The zero-order chi connectivity index (χ0) is 9.90. The maximum absolute atomic E-state index is 5.22. The lowest BCUT2D eigenvalue weighted by Crippen LogP contribution is -2.35. The highest BCUT2D eigenvalue weighted by molar-refractivity contribution is 4.99. The van der Waals surface area contributed by atoms with Crippen LogP contribution in [0.4, 0.5) is 0 Å². The van der Waals surface area contributed by atoms with Crippen LogP contribution in [0.1, 0.15) is 12.5 Å². The molecule has 1 aromatic heterocycles. The van der Waals surface area contributed by atoms with Gasteiger partial charge in [0.1, 0.15) is 0 Å². The molecule has 0 saturated carbocycles. The van der Waals surface area contributed by atoms with E-state index in [1.807, 2.05) is 30.9 Å². The van der Waals surface area contributed by atoms with Gasteiger partial charge in [-0.15, -0.1) is 0 Å². The Morgan fingerprint density at radius 3 is 2.46 bits per heavy atom. The Bertz CT molecular complexity index is 266. The van der Waals surface area contributed by atoms with Crippen LogP contribution in [0.2, 0.25) is 0 Å². The summed E-state index contributed by atoms with van der Waals surface area (Å²) in [6, 6.07) is 0. The molecule has 1 rings (SSSR count). The van der Waals surface area contributed by atoms with Crippen LogP contribution in [0, 0.1) is 6.92 Å². The molecule has 0 aliphatic heterocycles. The second-order valence-corrected chi connectivity index (χ2v) is 3.26. The van der Waals surface area contributed by atoms with Gasteiger partial charge in [-0.3, -0.25) is 4.68 Å². The molecule has 74 valence electrons. The van der Waals surface area contributed by atoms with Crippen LogP contribution in [-0.4, -0.2) is 29.8 Å². The Kier molecular flexibility index (Phi) is 3.06. The SMILES string of the molecule is COC(C)(Cn1cc(C)cn1)OC. The Labute approximate surface area is 78.5 Å². The molecule has 0 aliphatic carbocycles. The molecular weight excluding hydrogens is 168 g/mol. The largest absolute Gasteiger partial charge is 0.352 e. The molecule has 0 fully saturated rings. The summed E-state index contributed by atoms with van der Waals surface area (Å²) in [5.74, 6) is -0.599. The third-order valence-corrected chi connectivity index (χ3v) is 2.08. The van der Waals surface area contributed by atoms with Crippen LogP contribution in [0.15, 0.2) is 12.4 Å². The fourth-order valence-corrected chi connectivity index (χ4v) is 1.06. The topological polar surface area (TPSA) is 36.3 Å². The number of aryl methyl sites for hydroxylation is 1. The van der Waals surface area contributed by atoms with Crippen LogP contribution in [-0.2, 0) is 16.0 Å². The van der Waals surface area contributed by atoms with Gasteiger partial charge in [0.25, 0.3) is 0 Å². The molecule has 0 aliphatic rings. The van der Waals surface area contributed by atoms with Crippen molar-refractivity contribution in [2.75, 3.05) is 14.2 Å². The Morgan fingerprint density at radius 1 is 1.46 bits per heavy atom. The minimum absolute atomic E-state index is 0.591. The molecule has 0 saturated heterocycles. The predicted octanol–water partition coefficient (Wildman–Crippen LogP) is 1.20. The molecule has 0 amide bonds. The minimum Gasteiger partial charge on any atom is -0.352 e. The lowest BCUT2D eigenvalue weighted by atomic mass is 10.3. The van der Waals surface area contributed by atoms with E-state index < -0.39 is 5.79 Å². The van der Waals surface area contributed by atoms with Gasteiger partial charge >= 0.3 is 0 Å². The predicted molar refractivity (Wildman–Crippen MR) is 49.4 cm³/mol. The zero-order valence-electron chi connectivity index (χ0n) is 8.57. The summed E-state index contributed by atoms with van der Waals surface area (Å²) in [7, 11) is 3.25. The molecule has 0 unspecified atom stereocenters. The van der Waals surface area contributed by atoms with Crippen molar-refractivity contribution in [1.29, 1.82) is 0 Å². The highest BCUT2D eigenvalue weighted by Gasteiger charge is 2.23. The van der Waals surface area contributed by atoms with E-state index in [0.29, 0.717) is 6.54 Å². The third kappa shape index (κ3) is 2.54. The zero-order valence-corrected chi connectivity index (χ0v) is 8.57. The van der Waals surface area contributed by atoms with Crippen molar-refractivity contribution in [3.63, 3.8) is 0 Å². The van der Waals surface area contributed by atoms with Gasteiger partial charge in [0, 0.05) is 20.4 Å². The van der Waals surface area contributed by atoms with Crippen LogP contribution in [0.5, 0.6) is 0 Å². The second kappa shape index (κ2) is 3.89. The first-order valence-electron chi connectivity index (χ1n) is 4.19. The molecule has 1 aromatic rings. The number of aromatic nitrogens is 2. The molecule has 4 nitrogen and oxygen atoms in total. The van der Waals surface area contributed by atoms with E-state index in [2.05, 4.69) is 5.10 Å². The molecule has 0 aromatic carbocycles. The van der Waals surface area contributed by atoms with Gasteiger partial charge < -0.3 is 9.47 Å². The normalized spacial score (nSPS) is 12.0. The highest BCUT2D eigenvalue weighted by Crippen LogP contribution is 2.12. The molecule has 1 heterocycles. The van der Waals surface area contributed by atoms with Crippen molar-refractivity contribution in [3.05, 3.63) is 18.0 Å². The third-order valence-electron chi connectivity index (χ3n) is 2.08. The van der Waals surface area contributed by atoms with Gasteiger partial charge in [-0.1, -0.05) is 0 Å². The first-order chi connectivity index (χ1) is 6.09. The second-order valence-electron chi connectivity index (χ2n) is 3.26. The number of methoxy groups -OCH3 is 2. The summed E-state index contributed by atoms with van der Waals surface area (Å²) in [5.41, 5.74) is 1.13. The van der Waals surface area contributed by atoms with Gasteiger partial charge in [-0.05, 0) is 19.4 Å². The quantitative estimate of drug-likeness (QED) is 0.660. The number of hydrogen-bond acceptors (Lipinski definition) is 3. The van der Waals surface area contributed by atoms with E-state index in [0.717, 1.165) is 5.56 Å². The average Bonchev–Trinajstić information content (AvgIpc) is 2.51. The fraction of sp³-hybridized carbons (Fsp3) is 0.667. The lowest BCUT2D eigenvalue weighted by Gasteiger charge is -2.25. The monoisotopic (exact) mass is 184 g/mol. The Hall–Kier alpha value is -0.870. The van der Waals surface area contributed by atoms with E-state index in [9.17, 15) is 0 Å². The van der Waals surface area contributed by atoms with Gasteiger partial charge in [0.2, 0.25) is 0 Å². The smallest absolute Gasteiger partial charge is 0.184 e. The summed E-state index contributed by atoms with van der Waals surface area (Å²) < 4.78 is 12.2. The van der Waals surface area contributed by atoms with Gasteiger partial charge in [0.15, 0.2) is 5.79 Å². The molecule has 13 heavy (non-hydrogen) atoms. The van der Waals surface area contributed by atoms with Crippen molar-refractivity contribution >= 4 is 0 Å². The summed E-state index contributed by atoms with van der Waals surface area (Å²) in [6.45, 7) is 4.47. The maximum atomic E-state index is 5.22. The fourth-order valence-electron chi connectivity index (χ4n) is 1.06. The van der Waals surface area contributed by atoms with E-state index in [-0.39, 0.29) is 0 Å². The minimum atomic E-state index is -0.599. The van der Waals surface area contributed by atoms with Gasteiger partial charge in [-0.25, -0.2) is 0 Å². The average molecular weight is 184 g/mol. The maximum Gasteiger partial charge on any atom is 0.184 e. The summed E-state index contributed by atoms with van der Waals surface area (Å²) in [4.78, 5) is 0. The molecule has 0 radical (unpaired) electrons. The van der Waals surface area contributed by atoms with Crippen LogP contribution >= 0.6 is 0 Å². The Balaban J connectivity index is 2.67. The van der Waals surface area contributed by atoms with Crippen molar-refractivity contribution in [3.8, 4) is 0 Å². The van der Waals surface area contributed by atoms with Crippen LogP contribution < -0.4 is 0 Å².